The Kier molecular flexibility index (Phi) is 5.11. The number of rotatable bonds is 4. The number of ether oxygens (including phenoxy) is 2. The molecule has 0 spiro atoms. The quantitative estimate of drug-likeness (QED) is 0.846. The van der Waals surface area contributed by atoms with Gasteiger partial charge in [-0.25, -0.2) is 9.18 Å². The van der Waals surface area contributed by atoms with Gasteiger partial charge in [-0.3, -0.25) is 14.5 Å². The van der Waals surface area contributed by atoms with Gasteiger partial charge < -0.3 is 19.9 Å². The summed E-state index contributed by atoms with van der Waals surface area (Å²) in [5, 5.41) is 11.5. The highest BCUT2D eigenvalue weighted by Gasteiger charge is 2.51. The Balaban J connectivity index is 2.42. The summed E-state index contributed by atoms with van der Waals surface area (Å²) < 4.78 is 24.3. The van der Waals surface area contributed by atoms with Gasteiger partial charge in [0.15, 0.2) is 0 Å². The molecular weight excluding hydrogens is 347 g/mol. The Morgan fingerprint density at radius 3 is 2.62 bits per heavy atom. The lowest BCUT2D eigenvalue weighted by Gasteiger charge is -2.43. The molecule has 2 rings (SSSR count). The molecule has 0 bridgehead atoms. The zero-order chi connectivity index (χ0) is 19.7. The molecule has 1 aromatic carbocycles. The van der Waals surface area contributed by atoms with Crippen LogP contribution in [0.5, 0.6) is 5.75 Å². The first kappa shape index (κ1) is 19.5. The van der Waals surface area contributed by atoms with Crippen LogP contribution in [0.2, 0.25) is 0 Å². The number of carboxylic acid groups (broad SMARTS) is 1. The van der Waals surface area contributed by atoms with Crippen LogP contribution in [-0.2, 0) is 14.3 Å². The van der Waals surface area contributed by atoms with Gasteiger partial charge in [-0.1, -0.05) is 0 Å². The molecule has 0 radical (unpaired) electrons. The summed E-state index contributed by atoms with van der Waals surface area (Å²) in [5.41, 5.74) is -2.67. The number of hydrogen-bond acceptors (Lipinski definition) is 5. The maximum absolute atomic E-state index is 13.4. The number of likely N-dealkylation sites (N-methyl/N-ethyl adjacent to an activating group) is 1. The maximum Gasteiger partial charge on any atom is 0.413 e. The van der Waals surface area contributed by atoms with Crippen molar-refractivity contribution in [2.75, 3.05) is 12.4 Å². The van der Waals surface area contributed by atoms with Crippen molar-refractivity contribution in [3.8, 4) is 5.75 Å². The van der Waals surface area contributed by atoms with Gasteiger partial charge in [0.1, 0.15) is 17.2 Å². The van der Waals surface area contributed by atoms with Crippen molar-refractivity contribution in [1.29, 1.82) is 0 Å². The zero-order valence-electron chi connectivity index (χ0n) is 15.0. The smallest absolute Gasteiger partial charge is 0.413 e. The molecule has 26 heavy (non-hydrogen) atoms. The molecule has 1 aromatic rings. The van der Waals surface area contributed by atoms with E-state index in [2.05, 4.69) is 5.32 Å². The van der Waals surface area contributed by atoms with E-state index in [1.807, 2.05) is 0 Å². The molecule has 0 aromatic heterocycles. The number of anilines is 1. The van der Waals surface area contributed by atoms with Crippen LogP contribution < -0.4 is 10.1 Å². The van der Waals surface area contributed by atoms with Crippen LogP contribution in [0.4, 0.5) is 14.9 Å². The molecule has 1 heterocycles. The third-order valence-corrected chi connectivity index (χ3v) is 3.71. The van der Waals surface area contributed by atoms with E-state index in [-0.39, 0.29) is 17.9 Å². The summed E-state index contributed by atoms with van der Waals surface area (Å²) in [6.45, 7) is 4.97. The van der Waals surface area contributed by atoms with E-state index in [0.717, 1.165) is 17.0 Å². The number of aliphatic carboxylic acids is 1. The molecule has 9 heteroatoms. The molecule has 0 saturated carbocycles. The van der Waals surface area contributed by atoms with Crippen LogP contribution >= 0.6 is 0 Å². The number of carbonyl (C=O) groups excluding carboxylic acids is 2. The van der Waals surface area contributed by atoms with Crippen molar-refractivity contribution in [1.82, 2.24) is 4.90 Å². The van der Waals surface area contributed by atoms with Crippen LogP contribution in [0.15, 0.2) is 18.2 Å². The SMILES string of the molecule is CN(C(=O)OC(C)(C)C)[C@@]1(CCC(=O)O)Oc2ccc(F)cc2NC1=O. The number of nitrogens with one attached hydrogen (secondary N) is 1. The first-order valence-electron chi connectivity index (χ1n) is 7.93. The molecule has 1 aliphatic heterocycles. The Labute approximate surface area is 149 Å². The van der Waals surface area contributed by atoms with E-state index < -0.39 is 41.5 Å². The normalized spacial score (nSPS) is 19.0. The predicted octanol–water partition coefficient (Wildman–Crippen LogP) is 2.58. The summed E-state index contributed by atoms with van der Waals surface area (Å²) in [7, 11) is 1.28. The number of fused-ring (bicyclic) bond motifs is 1. The number of nitrogens with zero attached hydrogens (tertiary/aromatic N) is 1. The number of amides is 2. The second-order valence-corrected chi connectivity index (χ2v) is 6.91. The Morgan fingerprint density at radius 1 is 1.38 bits per heavy atom. The average Bonchev–Trinajstić information content (AvgIpc) is 2.50. The van der Waals surface area contributed by atoms with Gasteiger partial charge in [-0.15, -0.1) is 0 Å². The third kappa shape index (κ3) is 4.04. The van der Waals surface area contributed by atoms with Crippen LogP contribution in [0.1, 0.15) is 33.6 Å². The highest BCUT2D eigenvalue weighted by Crippen LogP contribution is 2.38. The maximum atomic E-state index is 13.4. The lowest BCUT2D eigenvalue weighted by molar-refractivity contribution is -0.153. The van der Waals surface area contributed by atoms with Crippen LogP contribution in [0, 0.1) is 5.82 Å². The standard InChI is InChI=1S/C17H21FN2O6/c1-16(2,3)26-15(24)20(4)17(8-7-13(21)22)14(23)19-11-9-10(18)5-6-12(11)25-17/h5-6,9H,7-8H2,1-4H3,(H,19,23)(H,21,22)/t17-/m0/s1. The molecule has 2 N–H and O–H groups in total. The molecule has 0 saturated heterocycles. The third-order valence-electron chi connectivity index (χ3n) is 3.71. The molecule has 0 fully saturated rings. The van der Waals surface area contributed by atoms with Crippen molar-refractivity contribution in [2.24, 2.45) is 0 Å². The Bertz CT molecular complexity index is 745. The number of halogens is 1. The van der Waals surface area contributed by atoms with Gasteiger partial charge in [0, 0.05) is 19.5 Å². The van der Waals surface area contributed by atoms with Crippen LogP contribution in [0.3, 0.4) is 0 Å². The first-order valence-corrected chi connectivity index (χ1v) is 7.93. The van der Waals surface area contributed by atoms with Gasteiger partial charge in [0.25, 0.3) is 11.6 Å². The molecule has 2 amide bonds. The lowest BCUT2D eigenvalue weighted by Crippen LogP contribution is -2.63. The largest absolute Gasteiger partial charge is 0.481 e. The zero-order valence-corrected chi connectivity index (χ0v) is 15.0. The Hall–Kier alpha value is -2.84. The Morgan fingerprint density at radius 2 is 2.04 bits per heavy atom. The van der Waals surface area contributed by atoms with E-state index in [9.17, 15) is 18.8 Å². The van der Waals surface area contributed by atoms with E-state index >= 15 is 0 Å². The van der Waals surface area contributed by atoms with Gasteiger partial charge in [-0.2, -0.15) is 0 Å². The second-order valence-electron chi connectivity index (χ2n) is 6.91. The molecule has 0 unspecified atom stereocenters. The number of carboxylic acids is 1. The van der Waals surface area contributed by atoms with Gasteiger partial charge in [0.2, 0.25) is 0 Å². The van der Waals surface area contributed by atoms with Crippen molar-refractivity contribution in [3.05, 3.63) is 24.0 Å². The molecule has 142 valence electrons. The highest BCUT2D eigenvalue weighted by molar-refractivity contribution is 6.02. The number of benzene rings is 1. The highest BCUT2D eigenvalue weighted by atomic mass is 19.1. The minimum absolute atomic E-state index is 0.0959. The summed E-state index contributed by atoms with van der Waals surface area (Å²) >= 11 is 0. The molecular formula is C17H21FN2O6. The monoisotopic (exact) mass is 368 g/mol. The summed E-state index contributed by atoms with van der Waals surface area (Å²) in [6, 6.07) is 3.50. The van der Waals surface area contributed by atoms with Crippen molar-refractivity contribution >= 4 is 23.7 Å². The van der Waals surface area contributed by atoms with E-state index in [1.165, 1.54) is 13.1 Å². The van der Waals surface area contributed by atoms with Gasteiger partial charge >= 0.3 is 12.1 Å². The molecule has 0 aliphatic carbocycles. The van der Waals surface area contributed by atoms with Crippen molar-refractivity contribution < 1.29 is 33.4 Å². The second kappa shape index (κ2) is 6.81. The molecule has 8 nitrogen and oxygen atoms in total. The summed E-state index contributed by atoms with van der Waals surface area (Å²) in [6.07, 6.45) is -1.61. The fraction of sp³-hybridized carbons (Fsp3) is 0.471. The van der Waals surface area contributed by atoms with Gasteiger partial charge in [-0.05, 0) is 32.9 Å². The van der Waals surface area contributed by atoms with E-state index in [4.69, 9.17) is 14.6 Å². The van der Waals surface area contributed by atoms with E-state index in [1.54, 1.807) is 20.8 Å². The molecule has 1 atom stereocenters. The van der Waals surface area contributed by atoms with Crippen LogP contribution in [-0.4, -0.2) is 46.3 Å². The van der Waals surface area contributed by atoms with Crippen LogP contribution in [0.25, 0.3) is 0 Å². The van der Waals surface area contributed by atoms with Gasteiger partial charge in [0.05, 0.1) is 12.1 Å². The predicted molar refractivity (Wildman–Crippen MR) is 89.3 cm³/mol. The number of carbonyl (C=O) groups is 3. The average molecular weight is 368 g/mol. The topological polar surface area (TPSA) is 105 Å². The minimum atomic E-state index is -1.94. The fourth-order valence-corrected chi connectivity index (χ4v) is 2.44. The minimum Gasteiger partial charge on any atom is -0.481 e. The van der Waals surface area contributed by atoms with Crippen molar-refractivity contribution in [3.63, 3.8) is 0 Å². The number of hydrogen-bond donors (Lipinski definition) is 2. The lowest BCUT2D eigenvalue weighted by atomic mass is 10.0. The first-order chi connectivity index (χ1) is 11.9. The van der Waals surface area contributed by atoms with E-state index in [0.29, 0.717) is 0 Å². The molecule has 1 aliphatic rings. The summed E-state index contributed by atoms with van der Waals surface area (Å²) in [4.78, 5) is 37.1. The summed E-state index contributed by atoms with van der Waals surface area (Å²) in [5.74, 6) is -2.41. The fourth-order valence-electron chi connectivity index (χ4n) is 2.44. The van der Waals surface area contributed by atoms with Crippen molar-refractivity contribution in [2.45, 2.75) is 44.9 Å².